The van der Waals surface area contributed by atoms with E-state index in [4.69, 9.17) is 4.74 Å². The number of carbonyl (C=O) groups excluding carboxylic acids is 1. The molecule has 1 saturated carbocycles. The number of thioether (sulfide) groups is 1. The second-order valence-corrected chi connectivity index (χ2v) is 7.99. The van der Waals surface area contributed by atoms with Crippen LogP contribution in [0.25, 0.3) is 10.6 Å². The lowest BCUT2D eigenvalue weighted by Gasteiger charge is -2.22. The topological polar surface area (TPSA) is 64.1 Å². The molecule has 1 aromatic carbocycles. The van der Waals surface area contributed by atoms with E-state index < -0.39 is 0 Å². The summed E-state index contributed by atoms with van der Waals surface area (Å²) in [7, 11) is 1.65. The zero-order chi connectivity index (χ0) is 16.8. The van der Waals surface area contributed by atoms with E-state index in [0.717, 1.165) is 33.5 Å². The van der Waals surface area contributed by atoms with Crippen molar-refractivity contribution in [2.45, 2.75) is 42.5 Å². The summed E-state index contributed by atoms with van der Waals surface area (Å²) >= 11 is 2.96. The van der Waals surface area contributed by atoms with Gasteiger partial charge in [-0.1, -0.05) is 42.4 Å². The van der Waals surface area contributed by atoms with Crippen LogP contribution in [0.1, 0.15) is 32.1 Å². The van der Waals surface area contributed by atoms with Crippen LogP contribution in [0.4, 0.5) is 0 Å². The average Bonchev–Trinajstić information content (AvgIpc) is 3.10. The Labute approximate surface area is 150 Å². The van der Waals surface area contributed by atoms with Crippen LogP contribution in [0.5, 0.6) is 5.75 Å². The van der Waals surface area contributed by atoms with Gasteiger partial charge in [-0.3, -0.25) is 4.79 Å². The van der Waals surface area contributed by atoms with Crippen molar-refractivity contribution in [2.24, 2.45) is 0 Å². The lowest BCUT2D eigenvalue weighted by molar-refractivity contribution is -0.119. The Morgan fingerprint density at radius 2 is 2.00 bits per heavy atom. The van der Waals surface area contributed by atoms with Gasteiger partial charge in [-0.15, -0.1) is 10.2 Å². The van der Waals surface area contributed by atoms with Gasteiger partial charge in [0.25, 0.3) is 0 Å². The highest BCUT2D eigenvalue weighted by atomic mass is 32.2. The third-order valence-corrected chi connectivity index (χ3v) is 6.15. The average molecular weight is 364 g/mol. The molecule has 0 spiro atoms. The molecule has 7 heteroatoms. The fourth-order valence-electron chi connectivity index (χ4n) is 2.76. The molecule has 0 saturated heterocycles. The molecule has 3 rings (SSSR count). The molecule has 0 unspecified atom stereocenters. The van der Waals surface area contributed by atoms with Crippen LogP contribution in [-0.4, -0.2) is 35.0 Å². The third kappa shape index (κ3) is 4.70. The zero-order valence-electron chi connectivity index (χ0n) is 13.7. The van der Waals surface area contributed by atoms with Crippen molar-refractivity contribution in [1.29, 1.82) is 0 Å². The molecule has 128 valence electrons. The van der Waals surface area contributed by atoms with Crippen molar-refractivity contribution >= 4 is 29.0 Å². The highest BCUT2D eigenvalue weighted by Gasteiger charge is 2.16. The van der Waals surface area contributed by atoms with E-state index in [1.165, 1.54) is 42.4 Å². The third-order valence-electron chi connectivity index (χ3n) is 4.04. The molecule has 5 nitrogen and oxygen atoms in total. The summed E-state index contributed by atoms with van der Waals surface area (Å²) in [5, 5.41) is 12.4. The molecule has 1 aromatic heterocycles. The first-order chi connectivity index (χ1) is 11.7. The van der Waals surface area contributed by atoms with E-state index in [1.54, 1.807) is 7.11 Å². The molecule has 0 aliphatic heterocycles. The second-order valence-electron chi connectivity index (χ2n) is 5.79. The highest BCUT2D eigenvalue weighted by Crippen LogP contribution is 2.30. The molecule has 1 aliphatic carbocycles. The smallest absolute Gasteiger partial charge is 0.230 e. The Morgan fingerprint density at radius 3 is 2.71 bits per heavy atom. The molecule has 24 heavy (non-hydrogen) atoms. The first-order valence-electron chi connectivity index (χ1n) is 8.14. The van der Waals surface area contributed by atoms with E-state index >= 15 is 0 Å². The Hall–Kier alpha value is -1.60. The second kappa shape index (κ2) is 8.48. The Kier molecular flexibility index (Phi) is 6.09. The predicted octanol–water partition coefficient (Wildman–Crippen LogP) is 3.75. The number of nitrogens with one attached hydrogen (secondary N) is 1. The molecule has 1 heterocycles. The number of carbonyl (C=O) groups is 1. The number of benzene rings is 1. The van der Waals surface area contributed by atoms with Crippen molar-refractivity contribution in [2.75, 3.05) is 12.9 Å². The Bertz CT molecular complexity index is 667. The minimum absolute atomic E-state index is 0.0908. The number of hydrogen-bond acceptors (Lipinski definition) is 6. The van der Waals surface area contributed by atoms with Gasteiger partial charge < -0.3 is 10.1 Å². The molecule has 1 fully saturated rings. The van der Waals surface area contributed by atoms with Gasteiger partial charge in [0, 0.05) is 11.6 Å². The Morgan fingerprint density at radius 1 is 1.25 bits per heavy atom. The summed E-state index contributed by atoms with van der Waals surface area (Å²) in [6, 6.07) is 8.09. The van der Waals surface area contributed by atoms with Crippen LogP contribution in [0.2, 0.25) is 0 Å². The number of nitrogens with zero attached hydrogens (tertiary/aromatic N) is 2. The van der Waals surface area contributed by atoms with Crippen LogP contribution >= 0.6 is 23.1 Å². The lowest BCUT2D eigenvalue weighted by atomic mass is 9.95. The normalized spacial score (nSPS) is 15.2. The van der Waals surface area contributed by atoms with Gasteiger partial charge in [-0.2, -0.15) is 0 Å². The van der Waals surface area contributed by atoms with Gasteiger partial charge in [-0.25, -0.2) is 0 Å². The molecule has 0 atom stereocenters. The van der Waals surface area contributed by atoms with Crippen molar-refractivity contribution < 1.29 is 9.53 Å². The molecule has 1 N–H and O–H groups in total. The monoisotopic (exact) mass is 363 g/mol. The fraction of sp³-hybridized carbons (Fsp3) is 0.471. The zero-order valence-corrected chi connectivity index (χ0v) is 15.3. The van der Waals surface area contributed by atoms with E-state index in [0.29, 0.717) is 11.8 Å². The quantitative estimate of drug-likeness (QED) is 0.792. The van der Waals surface area contributed by atoms with E-state index in [-0.39, 0.29) is 5.91 Å². The number of aromatic nitrogens is 2. The molecule has 1 amide bonds. The Balaban J connectivity index is 1.50. The SMILES string of the molecule is COc1ccc(-c2nnc(SCC(=O)NC3CCCCC3)s2)cc1. The highest BCUT2D eigenvalue weighted by molar-refractivity contribution is 8.01. The predicted molar refractivity (Wildman–Crippen MR) is 97.6 cm³/mol. The fourth-order valence-corrected chi connectivity index (χ4v) is 4.43. The molecule has 0 bridgehead atoms. The van der Waals surface area contributed by atoms with Crippen LogP contribution in [-0.2, 0) is 4.79 Å². The van der Waals surface area contributed by atoms with Crippen LogP contribution in [0.3, 0.4) is 0 Å². The molecular formula is C17H21N3O2S2. The summed E-state index contributed by atoms with van der Waals surface area (Å²) in [4.78, 5) is 12.0. The summed E-state index contributed by atoms with van der Waals surface area (Å²) in [5.41, 5.74) is 1.01. The van der Waals surface area contributed by atoms with Crippen molar-refractivity contribution in [3.63, 3.8) is 0 Å². The summed E-state index contributed by atoms with van der Waals surface area (Å²) in [5.74, 6) is 1.30. The molecule has 1 aliphatic rings. The number of hydrogen-bond donors (Lipinski definition) is 1. The van der Waals surface area contributed by atoms with Crippen LogP contribution in [0, 0.1) is 0 Å². The standard InChI is InChI=1S/C17H21N3O2S2/c1-22-14-9-7-12(8-10-14)16-19-20-17(24-16)23-11-15(21)18-13-5-3-2-4-6-13/h7-10,13H,2-6,11H2,1H3,(H,18,21). The largest absolute Gasteiger partial charge is 0.497 e. The number of amides is 1. The van der Waals surface area contributed by atoms with Gasteiger partial charge in [0.2, 0.25) is 5.91 Å². The summed E-state index contributed by atoms with van der Waals surface area (Å²) in [6.07, 6.45) is 5.95. The molecule has 0 radical (unpaired) electrons. The maximum atomic E-state index is 12.0. The molecule has 2 aromatic rings. The lowest BCUT2D eigenvalue weighted by Crippen LogP contribution is -2.37. The van der Waals surface area contributed by atoms with Gasteiger partial charge in [-0.05, 0) is 37.1 Å². The van der Waals surface area contributed by atoms with Gasteiger partial charge in [0.05, 0.1) is 12.9 Å². The van der Waals surface area contributed by atoms with Crippen molar-refractivity contribution in [1.82, 2.24) is 15.5 Å². The van der Waals surface area contributed by atoms with Crippen molar-refractivity contribution in [3.05, 3.63) is 24.3 Å². The number of rotatable bonds is 6. The maximum absolute atomic E-state index is 12.0. The first kappa shape index (κ1) is 17.2. The van der Waals surface area contributed by atoms with E-state index in [9.17, 15) is 4.79 Å². The van der Waals surface area contributed by atoms with E-state index in [2.05, 4.69) is 15.5 Å². The van der Waals surface area contributed by atoms with E-state index in [1.807, 2.05) is 24.3 Å². The minimum atomic E-state index is 0.0908. The summed E-state index contributed by atoms with van der Waals surface area (Å²) in [6.45, 7) is 0. The van der Waals surface area contributed by atoms with Gasteiger partial charge in [0.1, 0.15) is 10.8 Å². The van der Waals surface area contributed by atoms with Gasteiger partial charge >= 0.3 is 0 Å². The summed E-state index contributed by atoms with van der Waals surface area (Å²) < 4.78 is 5.98. The van der Waals surface area contributed by atoms with Crippen LogP contribution in [0.15, 0.2) is 28.6 Å². The van der Waals surface area contributed by atoms with Gasteiger partial charge in [0.15, 0.2) is 4.34 Å². The first-order valence-corrected chi connectivity index (χ1v) is 9.95. The molecular weight excluding hydrogens is 342 g/mol. The number of ether oxygens (including phenoxy) is 1. The maximum Gasteiger partial charge on any atom is 0.230 e. The van der Waals surface area contributed by atoms with Crippen molar-refractivity contribution in [3.8, 4) is 16.3 Å². The van der Waals surface area contributed by atoms with Crippen LogP contribution < -0.4 is 10.1 Å². The number of methoxy groups -OCH3 is 1. The minimum Gasteiger partial charge on any atom is -0.497 e.